The monoisotopic (exact) mass is 146 g/mol. The number of carbonyl (C=O) groups excluding carboxylic acids is 2. The van der Waals surface area contributed by atoms with Crippen molar-refractivity contribution in [1.82, 2.24) is 5.32 Å². The second-order valence-corrected chi connectivity index (χ2v) is 1.71. The maximum atomic E-state index is 10.2. The topological polar surface area (TPSA) is 81.4 Å². The van der Waals surface area contributed by atoms with Crippen molar-refractivity contribution in [2.75, 3.05) is 6.54 Å². The smallest absolute Gasteiger partial charge is 0.294 e. The van der Waals surface area contributed by atoms with Crippen LogP contribution in [0.4, 0.5) is 0 Å². The molecular weight excluding hydrogens is 136 g/mol. The van der Waals surface area contributed by atoms with Gasteiger partial charge >= 0.3 is 0 Å². The van der Waals surface area contributed by atoms with Crippen molar-refractivity contribution in [1.29, 1.82) is 0 Å². The first-order chi connectivity index (χ1) is 4.66. The summed E-state index contributed by atoms with van der Waals surface area (Å²) in [7, 11) is 0. The number of hydrogen-bond acceptors (Lipinski definition) is 4. The van der Waals surface area contributed by atoms with Gasteiger partial charge in [0.1, 0.15) is 0 Å². The number of hydrogen-bond donors (Lipinski definition) is 2. The predicted molar refractivity (Wildman–Crippen MR) is 33.8 cm³/mol. The van der Waals surface area contributed by atoms with E-state index < -0.39 is 6.23 Å². The lowest BCUT2D eigenvalue weighted by Gasteiger charge is -2.08. The van der Waals surface area contributed by atoms with E-state index in [1.807, 2.05) is 0 Å². The van der Waals surface area contributed by atoms with Crippen molar-refractivity contribution < 1.29 is 14.3 Å². The number of ether oxygens (including phenoxy) is 1. The fraction of sp³-hybridized carbons (Fsp3) is 0.600. The van der Waals surface area contributed by atoms with Crippen LogP contribution in [0.2, 0.25) is 0 Å². The summed E-state index contributed by atoms with van der Waals surface area (Å²) < 4.78 is 4.27. The van der Waals surface area contributed by atoms with Gasteiger partial charge in [0, 0.05) is 6.92 Å². The van der Waals surface area contributed by atoms with Gasteiger partial charge in [-0.3, -0.25) is 15.3 Å². The summed E-state index contributed by atoms with van der Waals surface area (Å²) in [6.45, 7) is 1.74. The fourth-order valence-corrected chi connectivity index (χ4v) is 0.364. The van der Waals surface area contributed by atoms with Gasteiger partial charge in [-0.15, -0.1) is 0 Å². The van der Waals surface area contributed by atoms with Gasteiger partial charge in [0.25, 0.3) is 6.47 Å². The molecule has 10 heavy (non-hydrogen) atoms. The molecule has 3 N–H and O–H groups in total. The van der Waals surface area contributed by atoms with Gasteiger partial charge in [-0.2, -0.15) is 0 Å². The molecule has 0 spiro atoms. The molecule has 5 heteroatoms. The molecule has 0 heterocycles. The van der Waals surface area contributed by atoms with Crippen LogP contribution in [-0.4, -0.2) is 25.2 Å². The van der Waals surface area contributed by atoms with E-state index in [1.54, 1.807) is 0 Å². The minimum Gasteiger partial charge on any atom is -0.447 e. The average Bonchev–Trinajstić information content (AvgIpc) is 1.85. The molecule has 0 saturated carbocycles. The van der Waals surface area contributed by atoms with E-state index in [0.29, 0.717) is 0 Å². The van der Waals surface area contributed by atoms with E-state index in [-0.39, 0.29) is 18.9 Å². The maximum Gasteiger partial charge on any atom is 0.294 e. The molecule has 1 amide bonds. The first-order valence-corrected chi connectivity index (χ1v) is 2.76. The van der Waals surface area contributed by atoms with Crippen LogP contribution in [-0.2, 0) is 14.3 Å². The SMILES string of the molecule is CC(=O)NCC(N)OC=O. The van der Waals surface area contributed by atoms with Gasteiger partial charge in [-0.1, -0.05) is 0 Å². The first kappa shape index (κ1) is 8.90. The first-order valence-electron chi connectivity index (χ1n) is 2.76. The molecule has 5 nitrogen and oxygen atoms in total. The zero-order chi connectivity index (χ0) is 7.98. The van der Waals surface area contributed by atoms with Gasteiger partial charge in [-0.05, 0) is 0 Å². The third-order valence-corrected chi connectivity index (χ3v) is 0.783. The largest absolute Gasteiger partial charge is 0.447 e. The molecule has 0 rings (SSSR count). The maximum absolute atomic E-state index is 10.2. The summed E-state index contributed by atoms with van der Waals surface area (Å²) in [4.78, 5) is 19.9. The Morgan fingerprint density at radius 3 is 2.90 bits per heavy atom. The lowest BCUT2D eigenvalue weighted by atomic mass is 10.5. The van der Waals surface area contributed by atoms with E-state index >= 15 is 0 Å². The molecule has 1 atom stereocenters. The highest BCUT2D eigenvalue weighted by Gasteiger charge is 2.00. The zero-order valence-electron chi connectivity index (χ0n) is 5.66. The molecule has 58 valence electrons. The van der Waals surface area contributed by atoms with Crippen LogP contribution < -0.4 is 11.1 Å². The number of nitrogens with one attached hydrogen (secondary N) is 1. The van der Waals surface area contributed by atoms with Crippen LogP contribution >= 0.6 is 0 Å². The second kappa shape index (κ2) is 4.75. The second-order valence-electron chi connectivity index (χ2n) is 1.71. The minimum atomic E-state index is -0.749. The number of carbonyl (C=O) groups is 2. The van der Waals surface area contributed by atoms with E-state index in [2.05, 4.69) is 10.1 Å². The molecule has 0 aliphatic rings. The van der Waals surface area contributed by atoms with Gasteiger partial charge in [0.2, 0.25) is 5.91 Å². The van der Waals surface area contributed by atoms with E-state index in [4.69, 9.17) is 5.73 Å². The average molecular weight is 146 g/mol. The van der Waals surface area contributed by atoms with Crippen LogP contribution in [0.25, 0.3) is 0 Å². The highest BCUT2D eigenvalue weighted by Crippen LogP contribution is 1.74. The highest BCUT2D eigenvalue weighted by atomic mass is 16.5. The Morgan fingerprint density at radius 1 is 1.90 bits per heavy atom. The van der Waals surface area contributed by atoms with Crippen LogP contribution in [0.15, 0.2) is 0 Å². The summed E-state index contributed by atoms with van der Waals surface area (Å²) >= 11 is 0. The van der Waals surface area contributed by atoms with Crippen molar-refractivity contribution in [3.8, 4) is 0 Å². The van der Waals surface area contributed by atoms with Crippen molar-refractivity contribution in [3.05, 3.63) is 0 Å². The normalized spacial score (nSPS) is 11.8. The zero-order valence-corrected chi connectivity index (χ0v) is 5.66. The molecule has 1 unspecified atom stereocenters. The summed E-state index contributed by atoms with van der Waals surface area (Å²) in [6.07, 6.45) is -0.749. The molecule has 0 radical (unpaired) electrons. The number of amides is 1. The third-order valence-electron chi connectivity index (χ3n) is 0.783. The standard InChI is InChI=1S/C5H10N2O3/c1-4(9)7-2-5(6)10-3-8/h3,5H,2,6H2,1H3,(H,7,9). The Bertz CT molecular complexity index is 126. The molecule has 0 aromatic rings. The van der Waals surface area contributed by atoms with E-state index in [1.165, 1.54) is 6.92 Å². The predicted octanol–water partition coefficient (Wildman–Crippen LogP) is -1.42. The number of rotatable bonds is 4. The van der Waals surface area contributed by atoms with E-state index in [9.17, 15) is 9.59 Å². The van der Waals surface area contributed by atoms with Crippen LogP contribution in [0.5, 0.6) is 0 Å². The van der Waals surface area contributed by atoms with Crippen LogP contribution in [0.3, 0.4) is 0 Å². The highest BCUT2D eigenvalue weighted by molar-refractivity contribution is 5.72. The van der Waals surface area contributed by atoms with E-state index in [0.717, 1.165) is 0 Å². The van der Waals surface area contributed by atoms with Gasteiger partial charge in [-0.25, -0.2) is 0 Å². The summed E-state index contributed by atoms with van der Waals surface area (Å²) in [5.74, 6) is -0.204. The molecular formula is C5H10N2O3. The Balaban J connectivity index is 3.29. The van der Waals surface area contributed by atoms with Crippen LogP contribution in [0, 0.1) is 0 Å². The van der Waals surface area contributed by atoms with Gasteiger partial charge in [0.15, 0.2) is 6.23 Å². The molecule has 0 aliphatic carbocycles. The Hall–Kier alpha value is -1.10. The van der Waals surface area contributed by atoms with Crippen molar-refractivity contribution in [2.45, 2.75) is 13.2 Å². The fourth-order valence-electron chi connectivity index (χ4n) is 0.364. The quantitative estimate of drug-likeness (QED) is 0.376. The summed E-state index contributed by atoms with van der Waals surface area (Å²) in [6, 6.07) is 0. The number of nitrogens with two attached hydrogens (primary N) is 1. The van der Waals surface area contributed by atoms with Crippen molar-refractivity contribution in [2.24, 2.45) is 5.73 Å². The molecule has 0 saturated heterocycles. The molecule has 0 aliphatic heterocycles. The lowest BCUT2D eigenvalue weighted by Crippen LogP contribution is -2.37. The Kier molecular flexibility index (Phi) is 4.23. The summed E-state index contributed by atoms with van der Waals surface area (Å²) in [5, 5.41) is 2.38. The minimum absolute atomic E-state index is 0.147. The Morgan fingerprint density at radius 2 is 2.50 bits per heavy atom. The Labute approximate surface area is 58.5 Å². The van der Waals surface area contributed by atoms with Gasteiger partial charge in [0.05, 0.1) is 6.54 Å². The molecule has 0 fully saturated rings. The molecule has 0 bridgehead atoms. The van der Waals surface area contributed by atoms with Crippen molar-refractivity contribution >= 4 is 12.4 Å². The van der Waals surface area contributed by atoms with Crippen molar-refractivity contribution in [3.63, 3.8) is 0 Å². The molecule has 0 aromatic heterocycles. The summed E-state index contributed by atoms with van der Waals surface area (Å²) in [5.41, 5.74) is 5.16. The van der Waals surface area contributed by atoms with Gasteiger partial charge < -0.3 is 10.1 Å². The molecule has 0 aromatic carbocycles. The van der Waals surface area contributed by atoms with Crippen LogP contribution in [0.1, 0.15) is 6.92 Å². The lowest BCUT2D eigenvalue weighted by molar-refractivity contribution is -0.134. The third kappa shape index (κ3) is 5.04.